The lowest BCUT2D eigenvalue weighted by Gasteiger charge is -2.04. The average molecular weight is 311 g/mol. The third-order valence-electron chi connectivity index (χ3n) is 2.38. The first kappa shape index (κ1) is 12.6. The first-order valence-corrected chi connectivity index (χ1v) is 5.97. The minimum atomic E-state index is -0.373. The van der Waals surface area contributed by atoms with Crippen LogP contribution in [0.25, 0.3) is 0 Å². The van der Waals surface area contributed by atoms with Crippen molar-refractivity contribution in [3.05, 3.63) is 44.5 Å². The lowest BCUT2D eigenvalue weighted by atomic mass is 10.3. The predicted molar refractivity (Wildman–Crippen MR) is 70.7 cm³/mol. The van der Waals surface area contributed by atoms with Gasteiger partial charge in [0.1, 0.15) is 11.4 Å². The molecule has 94 valence electrons. The number of hydrogen-bond acceptors (Lipinski definition) is 3. The van der Waals surface area contributed by atoms with E-state index in [0.29, 0.717) is 10.2 Å². The molecular weight excluding hydrogens is 300 g/mol. The van der Waals surface area contributed by atoms with Crippen molar-refractivity contribution >= 4 is 27.5 Å². The van der Waals surface area contributed by atoms with Gasteiger partial charge in [0.25, 0.3) is 5.91 Å². The number of rotatable bonds is 2. The highest BCUT2D eigenvalue weighted by atomic mass is 79.9. The van der Waals surface area contributed by atoms with E-state index in [1.54, 1.807) is 20.0 Å². The minimum Gasteiger partial charge on any atom is -0.365 e. The van der Waals surface area contributed by atoms with Crippen LogP contribution in [0.4, 0.5) is 5.69 Å². The highest BCUT2D eigenvalue weighted by Crippen LogP contribution is 2.08. The number of carbonyl (C=O) groups is 1. The molecule has 2 aromatic rings. The van der Waals surface area contributed by atoms with Gasteiger partial charge in [-0.15, -0.1) is 0 Å². The van der Waals surface area contributed by atoms with E-state index in [4.69, 9.17) is 0 Å². The van der Waals surface area contributed by atoms with Crippen LogP contribution in [0.2, 0.25) is 0 Å². The van der Waals surface area contributed by atoms with Gasteiger partial charge >= 0.3 is 0 Å². The van der Waals surface area contributed by atoms with Crippen LogP contribution >= 0.6 is 15.9 Å². The molecule has 0 aromatic carbocycles. The average Bonchev–Trinajstić information content (AvgIpc) is 2.64. The molecule has 0 atom stereocenters. The van der Waals surface area contributed by atoms with E-state index in [0.717, 1.165) is 5.69 Å². The summed E-state index contributed by atoms with van der Waals surface area (Å²) in [6.07, 6.45) is 2.94. The van der Waals surface area contributed by atoms with Crippen molar-refractivity contribution in [1.29, 1.82) is 0 Å². The second-order valence-corrected chi connectivity index (χ2v) is 4.65. The molecule has 6 nitrogen and oxygen atoms in total. The number of amides is 1. The Morgan fingerprint density at radius 2 is 2.22 bits per heavy atom. The second-order valence-electron chi connectivity index (χ2n) is 3.79. The number of aromatic nitrogens is 3. The molecule has 2 aromatic heterocycles. The molecule has 0 saturated heterocycles. The first-order chi connectivity index (χ1) is 8.49. The zero-order chi connectivity index (χ0) is 13.3. The van der Waals surface area contributed by atoms with E-state index in [1.165, 1.54) is 17.1 Å². The van der Waals surface area contributed by atoms with E-state index in [1.807, 2.05) is 0 Å². The SMILES string of the molecule is Cc1cc(C(=O)Nc2c[nH]cc(Br)c2=O)n(C)n1. The zero-order valence-corrected chi connectivity index (χ0v) is 11.4. The van der Waals surface area contributed by atoms with Gasteiger partial charge in [0.2, 0.25) is 5.43 Å². The van der Waals surface area contributed by atoms with Crippen molar-refractivity contribution in [3.8, 4) is 0 Å². The summed E-state index contributed by atoms with van der Waals surface area (Å²) in [7, 11) is 1.67. The maximum atomic E-state index is 12.0. The summed E-state index contributed by atoms with van der Waals surface area (Å²) in [5.41, 5.74) is 1.05. The number of halogens is 1. The number of aromatic amines is 1. The highest BCUT2D eigenvalue weighted by Gasteiger charge is 2.13. The fourth-order valence-corrected chi connectivity index (χ4v) is 1.91. The van der Waals surface area contributed by atoms with Crippen LogP contribution in [0.5, 0.6) is 0 Å². The molecule has 7 heteroatoms. The maximum absolute atomic E-state index is 12.0. The Morgan fingerprint density at radius 1 is 1.50 bits per heavy atom. The number of pyridine rings is 1. The van der Waals surface area contributed by atoms with Crippen molar-refractivity contribution in [2.45, 2.75) is 6.92 Å². The largest absolute Gasteiger partial charge is 0.365 e. The number of H-pyrrole nitrogens is 1. The quantitative estimate of drug-likeness (QED) is 0.880. The Bertz CT molecular complexity index is 659. The molecule has 0 spiro atoms. The minimum absolute atomic E-state index is 0.188. The summed E-state index contributed by atoms with van der Waals surface area (Å²) in [4.78, 5) is 26.5. The van der Waals surface area contributed by atoms with E-state index < -0.39 is 0 Å². The Balaban J connectivity index is 2.30. The molecular formula is C11H11BrN4O2. The first-order valence-electron chi connectivity index (χ1n) is 5.17. The van der Waals surface area contributed by atoms with Crippen molar-refractivity contribution in [3.63, 3.8) is 0 Å². The van der Waals surface area contributed by atoms with E-state index in [2.05, 4.69) is 31.3 Å². The number of nitrogens with one attached hydrogen (secondary N) is 2. The molecule has 0 fully saturated rings. The van der Waals surface area contributed by atoms with Gasteiger partial charge in [-0.05, 0) is 28.9 Å². The Hall–Kier alpha value is -1.89. The molecule has 0 radical (unpaired) electrons. The molecule has 1 amide bonds. The fraction of sp³-hybridized carbons (Fsp3) is 0.182. The van der Waals surface area contributed by atoms with Crippen LogP contribution in [0.3, 0.4) is 0 Å². The van der Waals surface area contributed by atoms with Crippen LogP contribution in [0, 0.1) is 6.92 Å². The van der Waals surface area contributed by atoms with Gasteiger partial charge in [0.15, 0.2) is 0 Å². The molecule has 2 heterocycles. The molecule has 0 saturated carbocycles. The van der Waals surface area contributed by atoms with Gasteiger partial charge in [0.05, 0.1) is 10.2 Å². The monoisotopic (exact) mass is 310 g/mol. The van der Waals surface area contributed by atoms with Gasteiger partial charge in [-0.2, -0.15) is 5.10 Å². The number of aryl methyl sites for hydroxylation is 2. The lowest BCUT2D eigenvalue weighted by Crippen LogP contribution is -2.21. The Morgan fingerprint density at radius 3 is 2.83 bits per heavy atom. The van der Waals surface area contributed by atoms with Gasteiger partial charge < -0.3 is 10.3 Å². The fourth-order valence-electron chi connectivity index (χ4n) is 1.56. The molecule has 0 aliphatic carbocycles. The summed E-state index contributed by atoms with van der Waals surface area (Å²) in [6.45, 7) is 1.79. The molecule has 2 rings (SSSR count). The van der Waals surface area contributed by atoms with Gasteiger partial charge in [-0.3, -0.25) is 14.3 Å². The van der Waals surface area contributed by atoms with Crippen LogP contribution in [0.15, 0.2) is 27.7 Å². The van der Waals surface area contributed by atoms with E-state index in [-0.39, 0.29) is 17.0 Å². The second kappa shape index (κ2) is 4.77. The van der Waals surface area contributed by atoms with Crippen LogP contribution < -0.4 is 10.7 Å². The van der Waals surface area contributed by atoms with Gasteiger partial charge in [-0.25, -0.2) is 0 Å². The number of anilines is 1. The Labute approximate surface area is 111 Å². The van der Waals surface area contributed by atoms with Crippen molar-refractivity contribution in [1.82, 2.24) is 14.8 Å². The molecule has 0 unspecified atom stereocenters. The van der Waals surface area contributed by atoms with Gasteiger partial charge in [0, 0.05) is 19.4 Å². The molecule has 0 bridgehead atoms. The lowest BCUT2D eigenvalue weighted by molar-refractivity contribution is 0.101. The summed E-state index contributed by atoms with van der Waals surface area (Å²) in [6, 6.07) is 1.65. The van der Waals surface area contributed by atoms with Crippen molar-refractivity contribution < 1.29 is 4.79 Å². The normalized spacial score (nSPS) is 10.4. The van der Waals surface area contributed by atoms with Crippen molar-refractivity contribution in [2.24, 2.45) is 7.05 Å². The molecule has 0 aliphatic rings. The third kappa shape index (κ3) is 2.35. The third-order valence-corrected chi connectivity index (χ3v) is 2.97. The Kier molecular flexibility index (Phi) is 3.33. The molecule has 2 N–H and O–H groups in total. The summed E-state index contributed by atoms with van der Waals surface area (Å²) < 4.78 is 1.83. The predicted octanol–water partition coefficient (Wildman–Crippen LogP) is 1.43. The zero-order valence-electron chi connectivity index (χ0n) is 9.82. The van der Waals surface area contributed by atoms with Crippen molar-refractivity contribution in [2.75, 3.05) is 5.32 Å². The molecule has 0 aliphatic heterocycles. The smallest absolute Gasteiger partial charge is 0.274 e. The van der Waals surface area contributed by atoms with Gasteiger partial charge in [-0.1, -0.05) is 0 Å². The molecule has 18 heavy (non-hydrogen) atoms. The van der Waals surface area contributed by atoms with E-state index in [9.17, 15) is 9.59 Å². The summed E-state index contributed by atoms with van der Waals surface area (Å²) in [5.74, 6) is -0.373. The summed E-state index contributed by atoms with van der Waals surface area (Å²) >= 11 is 3.10. The van der Waals surface area contributed by atoms with E-state index >= 15 is 0 Å². The summed E-state index contributed by atoms with van der Waals surface area (Å²) in [5, 5.41) is 6.62. The maximum Gasteiger partial charge on any atom is 0.274 e. The van der Waals surface area contributed by atoms with Crippen LogP contribution in [0.1, 0.15) is 16.2 Å². The van der Waals surface area contributed by atoms with Crippen LogP contribution in [-0.4, -0.2) is 20.7 Å². The highest BCUT2D eigenvalue weighted by molar-refractivity contribution is 9.10. The van der Waals surface area contributed by atoms with Crippen LogP contribution in [-0.2, 0) is 7.05 Å². The number of nitrogens with zero attached hydrogens (tertiary/aromatic N) is 2. The number of hydrogen-bond donors (Lipinski definition) is 2. The number of carbonyl (C=O) groups excluding carboxylic acids is 1. The standard InChI is InChI=1S/C11H11BrN4O2/c1-6-3-9(16(2)15-6)11(18)14-8-5-13-4-7(12)10(8)17/h3-5H,1-2H3,(H,13,17)(H,14,18). The topological polar surface area (TPSA) is 79.8 Å².